The van der Waals surface area contributed by atoms with Gasteiger partial charge in [0.05, 0.1) is 4.92 Å². The van der Waals surface area contributed by atoms with Crippen LogP contribution in [0.4, 0.5) is 5.69 Å². The lowest BCUT2D eigenvalue weighted by Crippen LogP contribution is -2.39. The van der Waals surface area contributed by atoms with Gasteiger partial charge in [-0.05, 0) is 43.5 Å². The van der Waals surface area contributed by atoms with Crippen LogP contribution < -0.4 is 4.74 Å². The zero-order valence-corrected chi connectivity index (χ0v) is 13.7. The summed E-state index contributed by atoms with van der Waals surface area (Å²) in [5.74, 6) is 0.694. The molecule has 0 radical (unpaired) electrons. The summed E-state index contributed by atoms with van der Waals surface area (Å²) in [4.78, 5) is 16.9. The number of likely N-dealkylation sites (tertiary alicyclic amines) is 1. The van der Waals surface area contributed by atoms with Crippen molar-refractivity contribution in [1.29, 1.82) is 0 Å². The van der Waals surface area contributed by atoms with Gasteiger partial charge in [-0.15, -0.1) is 0 Å². The monoisotopic (exact) mass is 327 g/mol. The molecule has 3 rings (SSSR count). The Morgan fingerprint density at radius 2 is 1.96 bits per heavy atom. The van der Waals surface area contributed by atoms with Crippen LogP contribution in [0.25, 0.3) is 0 Å². The number of nitro benzene ring substituents is 1. The smallest absolute Gasteiger partial charge is 0.269 e. The van der Waals surface area contributed by atoms with Crippen molar-refractivity contribution in [3.63, 3.8) is 0 Å². The number of pyridine rings is 1. The molecule has 1 aliphatic rings. The highest BCUT2D eigenvalue weighted by Gasteiger charge is 2.24. The van der Waals surface area contributed by atoms with E-state index < -0.39 is 4.92 Å². The molecule has 1 unspecified atom stereocenters. The van der Waals surface area contributed by atoms with E-state index in [0.29, 0.717) is 11.8 Å². The number of nitro groups is 1. The first-order chi connectivity index (χ1) is 11.6. The van der Waals surface area contributed by atoms with Crippen molar-refractivity contribution in [3.8, 4) is 5.75 Å². The SMILES string of the molecule is CC(c1cccnc1)N1CCC(Oc2ccc([N+](=O)[O-])cc2)CC1. The van der Waals surface area contributed by atoms with Gasteiger partial charge in [0.25, 0.3) is 5.69 Å². The molecule has 6 heteroatoms. The summed E-state index contributed by atoms with van der Waals surface area (Å²) < 4.78 is 5.96. The van der Waals surface area contributed by atoms with E-state index in [0.717, 1.165) is 25.9 Å². The Hall–Kier alpha value is -2.47. The number of aromatic nitrogens is 1. The molecule has 1 atom stereocenters. The topological polar surface area (TPSA) is 68.5 Å². The third kappa shape index (κ3) is 3.89. The first-order valence-corrected chi connectivity index (χ1v) is 8.18. The van der Waals surface area contributed by atoms with Crippen LogP contribution in [0, 0.1) is 10.1 Å². The van der Waals surface area contributed by atoms with Crippen LogP contribution >= 0.6 is 0 Å². The molecule has 1 saturated heterocycles. The summed E-state index contributed by atoms with van der Waals surface area (Å²) >= 11 is 0. The van der Waals surface area contributed by atoms with Gasteiger partial charge in [-0.2, -0.15) is 0 Å². The zero-order valence-electron chi connectivity index (χ0n) is 13.7. The molecular weight excluding hydrogens is 306 g/mol. The van der Waals surface area contributed by atoms with E-state index in [1.165, 1.54) is 17.7 Å². The fourth-order valence-electron chi connectivity index (χ4n) is 3.05. The molecule has 0 aliphatic carbocycles. The van der Waals surface area contributed by atoms with Crippen LogP contribution in [0.1, 0.15) is 31.4 Å². The van der Waals surface area contributed by atoms with Crippen LogP contribution in [0.3, 0.4) is 0 Å². The summed E-state index contributed by atoms with van der Waals surface area (Å²) in [6.07, 6.45) is 5.76. The van der Waals surface area contributed by atoms with Crippen molar-refractivity contribution < 1.29 is 9.66 Å². The zero-order chi connectivity index (χ0) is 16.9. The standard InChI is InChI=1S/C18H21N3O3/c1-14(15-3-2-10-19-13-15)20-11-8-18(9-12-20)24-17-6-4-16(5-7-17)21(22)23/h2-7,10,13-14,18H,8-9,11-12H2,1H3. The van der Waals surface area contributed by atoms with Crippen LogP contribution in [0.2, 0.25) is 0 Å². The highest BCUT2D eigenvalue weighted by molar-refractivity contribution is 5.36. The van der Waals surface area contributed by atoms with E-state index in [-0.39, 0.29) is 11.8 Å². The number of rotatable bonds is 5. The van der Waals surface area contributed by atoms with Gasteiger partial charge < -0.3 is 4.74 Å². The van der Waals surface area contributed by atoms with Gasteiger partial charge in [0.15, 0.2) is 0 Å². The number of piperidine rings is 1. The lowest BCUT2D eigenvalue weighted by Gasteiger charge is -2.36. The van der Waals surface area contributed by atoms with E-state index in [2.05, 4.69) is 22.9 Å². The van der Waals surface area contributed by atoms with Crippen LogP contribution in [-0.4, -0.2) is 34.0 Å². The Balaban J connectivity index is 1.52. The molecule has 126 valence electrons. The van der Waals surface area contributed by atoms with E-state index >= 15 is 0 Å². The highest BCUT2D eigenvalue weighted by atomic mass is 16.6. The summed E-state index contributed by atoms with van der Waals surface area (Å²) in [7, 11) is 0. The third-order valence-electron chi connectivity index (χ3n) is 4.54. The van der Waals surface area contributed by atoms with E-state index in [4.69, 9.17) is 4.74 Å². The molecule has 0 spiro atoms. The number of ether oxygens (including phenoxy) is 1. The van der Waals surface area contributed by atoms with Crippen LogP contribution in [-0.2, 0) is 0 Å². The average Bonchev–Trinajstić information content (AvgIpc) is 2.63. The predicted molar refractivity (Wildman–Crippen MR) is 91.0 cm³/mol. The van der Waals surface area contributed by atoms with Gasteiger partial charge in [-0.1, -0.05) is 6.07 Å². The molecule has 24 heavy (non-hydrogen) atoms. The normalized spacial score (nSPS) is 17.4. The molecule has 0 amide bonds. The Morgan fingerprint density at radius 3 is 2.54 bits per heavy atom. The number of non-ortho nitro benzene ring substituents is 1. The molecule has 0 N–H and O–H groups in total. The van der Waals surface area contributed by atoms with Crippen molar-refractivity contribution in [2.75, 3.05) is 13.1 Å². The van der Waals surface area contributed by atoms with Crippen molar-refractivity contribution in [1.82, 2.24) is 9.88 Å². The van der Waals surface area contributed by atoms with Gasteiger partial charge in [-0.3, -0.25) is 20.0 Å². The highest BCUT2D eigenvalue weighted by Crippen LogP contribution is 2.26. The Bertz CT molecular complexity index is 668. The molecule has 0 bridgehead atoms. The van der Waals surface area contributed by atoms with E-state index in [9.17, 15) is 10.1 Å². The number of hydrogen-bond acceptors (Lipinski definition) is 5. The Kier molecular flexibility index (Phi) is 5.05. The maximum atomic E-state index is 10.7. The predicted octanol–water partition coefficient (Wildman–Crippen LogP) is 3.59. The van der Waals surface area contributed by atoms with Crippen LogP contribution in [0.5, 0.6) is 5.75 Å². The van der Waals surface area contributed by atoms with Gasteiger partial charge in [-0.25, -0.2) is 0 Å². The molecule has 1 fully saturated rings. The van der Waals surface area contributed by atoms with E-state index in [1.54, 1.807) is 18.3 Å². The number of nitrogens with zero attached hydrogens (tertiary/aromatic N) is 3. The quantitative estimate of drug-likeness (QED) is 0.620. The van der Waals surface area contributed by atoms with Crippen molar-refractivity contribution in [2.24, 2.45) is 0 Å². The first kappa shape index (κ1) is 16.4. The second-order valence-electron chi connectivity index (χ2n) is 6.07. The minimum atomic E-state index is -0.401. The van der Waals surface area contributed by atoms with Gasteiger partial charge >= 0.3 is 0 Å². The van der Waals surface area contributed by atoms with Gasteiger partial charge in [0, 0.05) is 43.7 Å². The molecule has 1 aliphatic heterocycles. The minimum absolute atomic E-state index is 0.0856. The number of benzene rings is 1. The van der Waals surface area contributed by atoms with E-state index in [1.807, 2.05) is 12.3 Å². The molecular formula is C18H21N3O3. The average molecular weight is 327 g/mol. The fraction of sp³-hybridized carbons (Fsp3) is 0.389. The molecule has 6 nitrogen and oxygen atoms in total. The maximum Gasteiger partial charge on any atom is 0.269 e. The molecule has 1 aromatic heterocycles. The first-order valence-electron chi connectivity index (χ1n) is 8.18. The Labute approximate surface area is 141 Å². The summed E-state index contributed by atoms with van der Waals surface area (Å²) in [5, 5.41) is 10.7. The number of hydrogen-bond donors (Lipinski definition) is 0. The molecule has 2 aromatic rings. The lowest BCUT2D eigenvalue weighted by atomic mass is 10.0. The van der Waals surface area contributed by atoms with Crippen molar-refractivity contribution in [3.05, 3.63) is 64.5 Å². The molecule has 1 aromatic carbocycles. The lowest BCUT2D eigenvalue weighted by molar-refractivity contribution is -0.384. The molecule has 2 heterocycles. The second kappa shape index (κ2) is 7.40. The van der Waals surface area contributed by atoms with Gasteiger partial charge in [0.2, 0.25) is 0 Å². The van der Waals surface area contributed by atoms with Crippen molar-refractivity contribution in [2.45, 2.75) is 31.9 Å². The van der Waals surface area contributed by atoms with Gasteiger partial charge in [0.1, 0.15) is 11.9 Å². The summed E-state index contributed by atoms with van der Waals surface area (Å²) in [6, 6.07) is 10.7. The van der Waals surface area contributed by atoms with Crippen molar-refractivity contribution >= 4 is 5.69 Å². The molecule has 0 saturated carbocycles. The third-order valence-corrected chi connectivity index (χ3v) is 4.54. The summed E-state index contributed by atoms with van der Waals surface area (Å²) in [6.45, 7) is 4.13. The maximum absolute atomic E-state index is 10.7. The fourth-order valence-corrected chi connectivity index (χ4v) is 3.05. The van der Waals surface area contributed by atoms with Crippen LogP contribution in [0.15, 0.2) is 48.8 Å². The second-order valence-corrected chi connectivity index (χ2v) is 6.07. The largest absolute Gasteiger partial charge is 0.490 e. The Morgan fingerprint density at radius 1 is 1.25 bits per heavy atom. The summed E-state index contributed by atoms with van der Waals surface area (Å²) in [5.41, 5.74) is 1.31. The minimum Gasteiger partial charge on any atom is -0.490 e.